The Hall–Kier alpha value is -0.860. The van der Waals surface area contributed by atoms with Crippen molar-refractivity contribution in [3.8, 4) is 0 Å². The van der Waals surface area contributed by atoms with E-state index in [0.717, 1.165) is 6.54 Å². The molecular formula is C16H26N2. The summed E-state index contributed by atoms with van der Waals surface area (Å²) in [7, 11) is 0. The van der Waals surface area contributed by atoms with Crippen molar-refractivity contribution in [1.29, 1.82) is 0 Å². The highest BCUT2D eigenvalue weighted by Gasteiger charge is 2.26. The van der Waals surface area contributed by atoms with E-state index in [9.17, 15) is 0 Å². The van der Waals surface area contributed by atoms with Crippen molar-refractivity contribution in [1.82, 2.24) is 10.2 Å². The van der Waals surface area contributed by atoms with E-state index in [2.05, 4.69) is 55.3 Å². The summed E-state index contributed by atoms with van der Waals surface area (Å²) in [5.41, 5.74) is 2.79. The van der Waals surface area contributed by atoms with Crippen LogP contribution < -0.4 is 5.32 Å². The molecule has 2 rings (SSSR count). The van der Waals surface area contributed by atoms with Gasteiger partial charge in [-0.15, -0.1) is 0 Å². The summed E-state index contributed by atoms with van der Waals surface area (Å²) in [6.07, 6.45) is 2.52. The normalized spacial score (nSPS) is 21.4. The van der Waals surface area contributed by atoms with Gasteiger partial charge in [-0.2, -0.15) is 0 Å². The number of benzene rings is 1. The van der Waals surface area contributed by atoms with E-state index in [0.29, 0.717) is 12.1 Å². The highest BCUT2D eigenvalue weighted by atomic mass is 15.2. The standard InChI is InChI=1S/C16H26N2/c1-4-11-18(16-9-10-17-12-16)14(3)15-7-5-13(2)6-8-15/h5-8,14,16-17H,4,9-12H2,1-3H3. The van der Waals surface area contributed by atoms with Crippen molar-refractivity contribution >= 4 is 0 Å². The third-order valence-electron chi connectivity index (χ3n) is 4.04. The van der Waals surface area contributed by atoms with Gasteiger partial charge in [-0.1, -0.05) is 36.8 Å². The second kappa shape index (κ2) is 6.35. The fourth-order valence-corrected chi connectivity index (χ4v) is 2.91. The molecule has 1 aliphatic heterocycles. The lowest BCUT2D eigenvalue weighted by molar-refractivity contribution is 0.153. The van der Waals surface area contributed by atoms with Gasteiger partial charge in [-0.3, -0.25) is 4.90 Å². The van der Waals surface area contributed by atoms with Crippen molar-refractivity contribution < 1.29 is 0 Å². The second-order valence-electron chi connectivity index (χ2n) is 5.47. The Bertz CT molecular complexity index is 352. The Morgan fingerprint density at radius 1 is 1.33 bits per heavy atom. The van der Waals surface area contributed by atoms with E-state index in [-0.39, 0.29) is 0 Å². The van der Waals surface area contributed by atoms with Gasteiger partial charge in [0.05, 0.1) is 0 Å². The molecule has 2 unspecified atom stereocenters. The number of nitrogens with one attached hydrogen (secondary N) is 1. The number of nitrogens with zero attached hydrogens (tertiary/aromatic N) is 1. The molecule has 2 atom stereocenters. The van der Waals surface area contributed by atoms with Crippen LogP contribution in [0.3, 0.4) is 0 Å². The van der Waals surface area contributed by atoms with Gasteiger partial charge in [0, 0.05) is 18.6 Å². The zero-order valence-electron chi connectivity index (χ0n) is 11.9. The molecule has 100 valence electrons. The molecule has 1 aromatic carbocycles. The minimum Gasteiger partial charge on any atom is -0.315 e. The molecule has 2 heteroatoms. The molecule has 1 fully saturated rings. The molecule has 0 aromatic heterocycles. The van der Waals surface area contributed by atoms with Crippen molar-refractivity contribution in [2.45, 2.75) is 45.7 Å². The molecule has 1 aliphatic rings. The fraction of sp³-hybridized carbons (Fsp3) is 0.625. The Morgan fingerprint density at radius 2 is 2.06 bits per heavy atom. The van der Waals surface area contributed by atoms with Gasteiger partial charge in [0.15, 0.2) is 0 Å². The van der Waals surface area contributed by atoms with Gasteiger partial charge in [0.25, 0.3) is 0 Å². The summed E-state index contributed by atoms with van der Waals surface area (Å²) in [5.74, 6) is 0. The van der Waals surface area contributed by atoms with Crippen molar-refractivity contribution in [3.63, 3.8) is 0 Å². The van der Waals surface area contributed by atoms with Crippen LogP contribution in [0, 0.1) is 6.92 Å². The second-order valence-corrected chi connectivity index (χ2v) is 5.47. The first-order valence-corrected chi connectivity index (χ1v) is 7.25. The maximum absolute atomic E-state index is 3.48. The number of hydrogen-bond acceptors (Lipinski definition) is 2. The third-order valence-corrected chi connectivity index (χ3v) is 4.04. The zero-order valence-corrected chi connectivity index (χ0v) is 11.9. The lowest BCUT2D eigenvalue weighted by Crippen LogP contribution is -2.39. The lowest BCUT2D eigenvalue weighted by Gasteiger charge is -2.34. The maximum Gasteiger partial charge on any atom is 0.0323 e. The third kappa shape index (κ3) is 3.12. The number of rotatable bonds is 5. The predicted molar refractivity (Wildman–Crippen MR) is 77.9 cm³/mol. The summed E-state index contributed by atoms with van der Waals surface area (Å²) in [5, 5.41) is 3.48. The first-order chi connectivity index (χ1) is 8.72. The molecular weight excluding hydrogens is 220 g/mol. The summed E-state index contributed by atoms with van der Waals surface area (Å²) in [4.78, 5) is 2.67. The molecule has 1 N–H and O–H groups in total. The van der Waals surface area contributed by atoms with Crippen LogP contribution in [-0.2, 0) is 0 Å². The zero-order chi connectivity index (χ0) is 13.0. The van der Waals surface area contributed by atoms with Crippen LogP contribution in [-0.4, -0.2) is 30.6 Å². The van der Waals surface area contributed by atoms with Gasteiger partial charge >= 0.3 is 0 Å². The molecule has 0 aliphatic carbocycles. The summed E-state index contributed by atoms with van der Waals surface area (Å²) >= 11 is 0. The Morgan fingerprint density at radius 3 is 2.61 bits per heavy atom. The molecule has 0 bridgehead atoms. The largest absolute Gasteiger partial charge is 0.315 e. The topological polar surface area (TPSA) is 15.3 Å². The van der Waals surface area contributed by atoms with Crippen LogP contribution in [0.15, 0.2) is 24.3 Å². The molecule has 1 saturated heterocycles. The summed E-state index contributed by atoms with van der Waals surface area (Å²) < 4.78 is 0. The van der Waals surface area contributed by atoms with E-state index in [1.165, 1.54) is 37.1 Å². The van der Waals surface area contributed by atoms with Gasteiger partial charge in [-0.05, 0) is 45.3 Å². The van der Waals surface area contributed by atoms with E-state index < -0.39 is 0 Å². The number of hydrogen-bond donors (Lipinski definition) is 1. The predicted octanol–water partition coefficient (Wildman–Crippen LogP) is 3.13. The molecule has 1 heterocycles. The van der Waals surface area contributed by atoms with E-state index in [1.807, 2.05) is 0 Å². The molecule has 0 spiro atoms. The van der Waals surface area contributed by atoms with Gasteiger partial charge < -0.3 is 5.32 Å². The maximum atomic E-state index is 3.48. The Labute approximate surface area is 111 Å². The minimum absolute atomic E-state index is 0.524. The van der Waals surface area contributed by atoms with Crippen LogP contribution in [0.4, 0.5) is 0 Å². The first-order valence-electron chi connectivity index (χ1n) is 7.25. The quantitative estimate of drug-likeness (QED) is 0.858. The molecule has 0 saturated carbocycles. The average Bonchev–Trinajstić information content (AvgIpc) is 2.90. The number of aryl methyl sites for hydroxylation is 1. The minimum atomic E-state index is 0.524. The Balaban J connectivity index is 2.11. The summed E-state index contributed by atoms with van der Waals surface area (Å²) in [6, 6.07) is 10.2. The van der Waals surface area contributed by atoms with E-state index >= 15 is 0 Å². The van der Waals surface area contributed by atoms with Crippen LogP contribution in [0.2, 0.25) is 0 Å². The van der Waals surface area contributed by atoms with Crippen LogP contribution in [0.1, 0.15) is 43.9 Å². The average molecular weight is 246 g/mol. The van der Waals surface area contributed by atoms with Gasteiger partial charge in [-0.25, -0.2) is 0 Å². The molecule has 18 heavy (non-hydrogen) atoms. The van der Waals surface area contributed by atoms with Crippen molar-refractivity contribution in [3.05, 3.63) is 35.4 Å². The van der Waals surface area contributed by atoms with Gasteiger partial charge in [0.1, 0.15) is 0 Å². The SMILES string of the molecule is CCCN(C1CCNC1)C(C)c1ccc(C)cc1. The monoisotopic (exact) mass is 246 g/mol. The lowest BCUT2D eigenvalue weighted by atomic mass is 10.0. The Kier molecular flexibility index (Phi) is 4.79. The molecule has 0 amide bonds. The highest BCUT2D eigenvalue weighted by Crippen LogP contribution is 2.25. The summed E-state index contributed by atoms with van der Waals surface area (Å²) in [6.45, 7) is 10.3. The van der Waals surface area contributed by atoms with E-state index in [1.54, 1.807) is 0 Å². The molecule has 0 radical (unpaired) electrons. The van der Waals surface area contributed by atoms with E-state index in [4.69, 9.17) is 0 Å². The van der Waals surface area contributed by atoms with Crippen molar-refractivity contribution in [2.24, 2.45) is 0 Å². The molecule has 1 aromatic rings. The highest BCUT2D eigenvalue weighted by molar-refractivity contribution is 5.24. The first kappa shape index (κ1) is 13.6. The fourth-order valence-electron chi connectivity index (χ4n) is 2.91. The smallest absolute Gasteiger partial charge is 0.0323 e. The molecule has 2 nitrogen and oxygen atoms in total. The van der Waals surface area contributed by atoms with Crippen LogP contribution >= 0.6 is 0 Å². The van der Waals surface area contributed by atoms with Crippen LogP contribution in [0.25, 0.3) is 0 Å². The van der Waals surface area contributed by atoms with Crippen molar-refractivity contribution in [2.75, 3.05) is 19.6 Å². The van der Waals surface area contributed by atoms with Crippen LogP contribution in [0.5, 0.6) is 0 Å². The van der Waals surface area contributed by atoms with Gasteiger partial charge in [0.2, 0.25) is 0 Å².